The van der Waals surface area contributed by atoms with Gasteiger partial charge in [-0.3, -0.25) is 24.3 Å². The number of carbonyl (C=O) groups excluding carboxylic acids is 3. The molecule has 6 heteroatoms. The molecule has 116 valence electrons. The molecule has 3 rings (SSSR count). The first-order chi connectivity index (χ1) is 11.1. The number of hydrogen-bond donors (Lipinski definition) is 0. The van der Waals surface area contributed by atoms with Gasteiger partial charge in [-0.2, -0.15) is 0 Å². The number of fused-ring (bicyclic) bond motifs is 1. The second-order valence-electron chi connectivity index (χ2n) is 5.21. The maximum absolute atomic E-state index is 11.9. The van der Waals surface area contributed by atoms with Gasteiger partial charge in [-0.1, -0.05) is 0 Å². The minimum absolute atomic E-state index is 0.216. The highest BCUT2D eigenvalue weighted by Gasteiger charge is 2.33. The van der Waals surface area contributed by atoms with Crippen molar-refractivity contribution in [3.05, 3.63) is 59.4 Å². The number of benzene rings is 1. The van der Waals surface area contributed by atoms with Gasteiger partial charge in [0.25, 0.3) is 11.8 Å². The molecule has 1 aliphatic rings. The molecule has 0 atom stereocenters. The van der Waals surface area contributed by atoms with Crippen LogP contribution in [0.25, 0.3) is 0 Å². The van der Waals surface area contributed by atoms with Crippen LogP contribution in [-0.2, 0) is 11.2 Å². The number of rotatable bonds is 4. The summed E-state index contributed by atoms with van der Waals surface area (Å²) in [6.07, 6.45) is 4.10. The Bertz CT molecular complexity index is 786. The number of aryl methyl sites for hydroxylation is 1. The SMILES string of the molecule is CN1C(=O)c2ccc(OC(=O)CCc3ccncc3)cc2C1=O. The number of pyridine rings is 1. The Kier molecular flexibility index (Phi) is 3.89. The molecule has 1 aromatic heterocycles. The summed E-state index contributed by atoms with van der Waals surface area (Å²) in [5.41, 5.74) is 1.58. The van der Waals surface area contributed by atoms with Crippen LogP contribution in [0.5, 0.6) is 5.75 Å². The van der Waals surface area contributed by atoms with Crippen LogP contribution in [0.1, 0.15) is 32.7 Å². The zero-order valence-electron chi connectivity index (χ0n) is 12.5. The Morgan fingerprint density at radius 3 is 2.52 bits per heavy atom. The zero-order chi connectivity index (χ0) is 16.4. The van der Waals surface area contributed by atoms with E-state index < -0.39 is 5.97 Å². The predicted octanol–water partition coefficient (Wildman–Crippen LogP) is 1.85. The van der Waals surface area contributed by atoms with Crippen LogP contribution in [0.3, 0.4) is 0 Å². The Morgan fingerprint density at radius 1 is 1.09 bits per heavy atom. The van der Waals surface area contributed by atoms with Crippen LogP contribution >= 0.6 is 0 Å². The van der Waals surface area contributed by atoms with E-state index >= 15 is 0 Å². The van der Waals surface area contributed by atoms with Gasteiger partial charge in [0.15, 0.2) is 0 Å². The molecule has 0 fully saturated rings. The third-order valence-corrected chi connectivity index (χ3v) is 3.66. The van der Waals surface area contributed by atoms with Crippen molar-refractivity contribution in [2.75, 3.05) is 7.05 Å². The highest BCUT2D eigenvalue weighted by atomic mass is 16.5. The second kappa shape index (κ2) is 6.00. The summed E-state index contributed by atoms with van der Waals surface area (Å²) in [4.78, 5) is 40.6. The van der Waals surface area contributed by atoms with Gasteiger partial charge in [-0.15, -0.1) is 0 Å². The van der Waals surface area contributed by atoms with Crippen molar-refractivity contribution < 1.29 is 19.1 Å². The molecule has 23 heavy (non-hydrogen) atoms. The van der Waals surface area contributed by atoms with Crippen molar-refractivity contribution >= 4 is 17.8 Å². The molecule has 2 heterocycles. The quantitative estimate of drug-likeness (QED) is 0.489. The molecule has 0 bridgehead atoms. The van der Waals surface area contributed by atoms with Crippen molar-refractivity contribution in [3.8, 4) is 5.75 Å². The number of amides is 2. The molecule has 0 saturated heterocycles. The lowest BCUT2D eigenvalue weighted by atomic mass is 10.1. The fourth-order valence-electron chi connectivity index (χ4n) is 2.38. The van der Waals surface area contributed by atoms with E-state index in [1.807, 2.05) is 12.1 Å². The topological polar surface area (TPSA) is 76.6 Å². The van der Waals surface area contributed by atoms with Crippen LogP contribution in [0.15, 0.2) is 42.7 Å². The standard InChI is InChI=1S/C17H14N2O4/c1-19-16(21)13-4-3-12(10-14(13)17(19)22)23-15(20)5-2-11-6-8-18-9-7-11/h3-4,6-10H,2,5H2,1H3. The van der Waals surface area contributed by atoms with Crippen LogP contribution in [0.2, 0.25) is 0 Å². The van der Waals surface area contributed by atoms with E-state index in [-0.39, 0.29) is 29.5 Å². The fraction of sp³-hybridized carbons (Fsp3) is 0.176. The highest BCUT2D eigenvalue weighted by molar-refractivity contribution is 6.21. The number of ether oxygens (including phenoxy) is 1. The van der Waals surface area contributed by atoms with Crippen LogP contribution in [0, 0.1) is 0 Å². The van der Waals surface area contributed by atoms with Gasteiger partial charge in [0.05, 0.1) is 11.1 Å². The minimum Gasteiger partial charge on any atom is -0.426 e. The molecule has 0 spiro atoms. The van der Waals surface area contributed by atoms with E-state index in [9.17, 15) is 14.4 Å². The van der Waals surface area contributed by atoms with Gasteiger partial charge < -0.3 is 4.74 Å². The lowest BCUT2D eigenvalue weighted by Gasteiger charge is -2.05. The number of esters is 1. The largest absolute Gasteiger partial charge is 0.426 e. The molecule has 0 radical (unpaired) electrons. The number of hydrogen-bond acceptors (Lipinski definition) is 5. The van der Waals surface area contributed by atoms with E-state index in [1.54, 1.807) is 12.4 Å². The normalized spacial score (nSPS) is 13.2. The number of nitrogens with zero attached hydrogens (tertiary/aromatic N) is 2. The number of imide groups is 1. The molecule has 0 unspecified atom stereocenters. The summed E-state index contributed by atoms with van der Waals surface area (Å²) in [6, 6.07) is 8.13. The summed E-state index contributed by atoms with van der Waals surface area (Å²) in [5.74, 6) is -0.868. The lowest BCUT2D eigenvalue weighted by molar-refractivity contribution is -0.134. The molecule has 0 saturated carbocycles. The summed E-state index contributed by atoms with van der Waals surface area (Å²) in [5, 5.41) is 0. The van der Waals surface area contributed by atoms with Gasteiger partial charge in [-0.25, -0.2) is 0 Å². The maximum atomic E-state index is 11.9. The van der Waals surface area contributed by atoms with Gasteiger partial charge in [0.2, 0.25) is 0 Å². The van der Waals surface area contributed by atoms with E-state index in [0.717, 1.165) is 10.5 Å². The predicted molar refractivity (Wildman–Crippen MR) is 81.1 cm³/mol. The zero-order valence-corrected chi connectivity index (χ0v) is 12.5. The molecule has 6 nitrogen and oxygen atoms in total. The van der Waals surface area contributed by atoms with Gasteiger partial charge in [-0.05, 0) is 42.3 Å². The smallest absolute Gasteiger partial charge is 0.311 e. The second-order valence-corrected chi connectivity index (χ2v) is 5.21. The van der Waals surface area contributed by atoms with E-state index in [0.29, 0.717) is 12.0 Å². The molecule has 0 aliphatic carbocycles. The third-order valence-electron chi connectivity index (χ3n) is 3.66. The summed E-state index contributed by atoms with van der Waals surface area (Å²) < 4.78 is 5.24. The average Bonchev–Trinajstić information content (AvgIpc) is 2.78. The molecular weight excluding hydrogens is 296 g/mol. The molecule has 2 aromatic rings. The number of carbonyl (C=O) groups is 3. The first-order valence-electron chi connectivity index (χ1n) is 7.12. The maximum Gasteiger partial charge on any atom is 0.311 e. The van der Waals surface area contributed by atoms with Crippen LogP contribution in [-0.4, -0.2) is 34.7 Å². The molecule has 1 aromatic carbocycles. The first kappa shape index (κ1) is 14.9. The van der Waals surface area contributed by atoms with E-state index in [1.165, 1.54) is 25.2 Å². The monoisotopic (exact) mass is 310 g/mol. The van der Waals surface area contributed by atoms with Crippen molar-refractivity contribution in [2.45, 2.75) is 12.8 Å². The highest BCUT2D eigenvalue weighted by Crippen LogP contribution is 2.26. The molecule has 0 N–H and O–H groups in total. The Labute approximate surface area is 132 Å². The van der Waals surface area contributed by atoms with Crippen molar-refractivity contribution in [1.29, 1.82) is 0 Å². The minimum atomic E-state index is -0.396. The van der Waals surface area contributed by atoms with Crippen molar-refractivity contribution in [2.24, 2.45) is 0 Å². The Morgan fingerprint density at radius 2 is 1.78 bits per heavy atom. The van der Waals surface area contributed by atoms with E-state index in [2.05, 4.69) is 4.98 Å². The van der Waals surface area contributed by atoms with Gasteiger partial charge in [0, 0.05) is 25.9 Å². The summed E-state index contributed by atoms with van der Waals surface area (Å²) in [6.45, 7) is 0. The van der Waals surface area contributed by atoms with E-state index in [4.69, 9.17) is 4.74 Å². The van der Waals surface area contributed by atoms with Crippen LogP contribution in [0.4, 0.5) is 0 Å². The summed E-state index contributed by atoms with van der Waals surface area (Å²) in [7, 11) is 1.42. The van der Waals surface area contributed by atoms with Crippen molar-refractivity contribution in [1.82, 2.24) is 9.88 Å². The Balaban J connectivity index is 1.66. The average molecular weight is 310 g/mol. The molecular formula is C17H14N2O4. The summed E-state index contributed by atoms with van der Waals surface area (Å²) >= 11 is 0. The molecule has 2 amide bonds. The first-order valence-corrected chi connectivity index (χ1v) is 7.12. The van der Waals surface area contributed by atoms with Gasteiger partial charge >= 0.3 is 5.97 Å². The Hall–Kier alpha value is -3.02. The fourth-order valence-corrected chi connectivity index (χ4v) is 2.38. The lowest BCUT2D eigenvalue weighted by Crippen LogP contribution is -2.24. The molecule has 1 aliphatic heterocycles. The van der Waals surface area contributed by atoms with Crippen LogP contribution < -0.4 is 4.74 Å². The third kappa shape index (κ3) is 2.96. The van der Waals surface area contributed by atoms with Crippen molar-refractivity contribution in [3.63, 3.8) is 0 Å². The van der Waals surface area contributed by atoms with Gasteiger partial charge in [0.1, 0.15) is 5.75 Å². The number of aromatic nitrogens is 1.